The Morgan fingerprint density at radius 3 is 2.38 bits per heavy atom. The molecule has 172 valence electrons. The second kappa shape index (κ2) is 11.5. The Balaban J connectivity index is 2.18. The highest BCUT2D eigenvalue weighted by Gasteiger charge is 2.27. The second-order valence-corrected chi connectivity index (χ2v) is 8.28. The van der Waals surface area contributed by atoms with Gasteiger partial charge in [0.15, 0.2) is 6.61 Å². The molecule has 0 fully saturated rings. The van der Waals surface area contributed by atoms with Crippen LogP contribution in [0.25, 0.3) is 0 Å². The van der Waals surface area contributed by atoms with Crippen molar-refractivity contribution in [2.24, 2.45) is 0 Å². The Bertz CT molecular complexity index is 965. The van der Waals surface area contributed by atoms with E-state index in [4.69, 9.17) is 9.47 Å². The number of rotatable bonds is 10. The van der Waals surface area contributed by atoms with Crippen LogP contribution in [-0.4, -0.2) is 47.4 Å². The van der Waals surface area contributed by atoms with Crippen molar-refractivity contribution >= 4 is 33.4 Å². The molecule has 2 aromatic rings. The summed E-state index contributed by atoms with van der Waals surface area (Å²) in [5, 5.41) is 13.9. The number of nitrogens with zero attached hydrogens (tertiary/aromatic N) is 2. The van der Waals surface area contributed by atoms with Crippen molar-refractivity contribution in [3.8, 4) is 11.5 Å². The summed E-state index contributed by atoms with van der Waals surface area (Å²) in [6.45, 7) is 5.21. The predicted octanol–water partition coefficient (Wildman–Crippen LogP) is 3.69. The molecule has 0 spiro atoms. The number of ether oxygens (including phenoxy) is 2. The third kappa shape index (κ3) is 6.94. The lowest BCUT2D eigenvalue weighted by Crippen LogP contribution is -2.50. The van der Waals surface area contributed by atoms with Crippen molar-refractivity contribution in [3.05, 3.63) is 62.6 Å². The summed E-state index contributed by atoms with van der Waals surface area (Å²) in [7, 11) is 1.31. The number of halogens is 1. The van der Waals surface area contributed by atoms with Crippen LogP contribution in [0.2, 0.25) is 0 Å². The van der Waals surface area contributed by atoms with Gasteiger partial charge in [-0.05, 0) is 44.5 Å². The molecule has 1 atom stereocenters. The van der Waals surface area contributed by atoms with Gasteiger partial charge in [-0.3, -0.25) is 19.7 Å². The normalized spacial score (nSPS) is 11.6. The van der Waals surface area contributed by atoms with Crippen LogP contribution in [-0.2, 0) is 16.1 Å². The first-order valence-corrected chi connectivity index (χ1v) is 10.7. The van der Waals surface area contributed by atoms with Crippen molar-refractivity contribution in [2.75, 3.05) is 13.7 Å². The molecule has 0 aliphatic carbocycles. The lowest BCUT2D eigenvalue weighted by atomic mass is 10.1. The van der Waals surface area contributed by atoms with Gasteiger partial charge in [-0.15, -0.1) is 0 Å². The van der Waals surface area contributed by atoms with E-state index in [1.54, 1.807) is 6.92 Å². The van der Waals surface area contributed by atoms with E-state index >= 15 is 0 Å². The lowest BCUT2D eigenvalue weighted by Gasteiger charge is -2.29. The Kier molecular flexibility index (Phi) is 9.01. The zero-order valence-electron chi connectivity index (χ0n) is 18.3. The van der Waals surface area contributed by atoms with E-state index in [0.29, 0.717) is 0 Å². The third-order valence-electron chi connectivity index (χ3n) is 4.57. The molecule has 0 radical (unpaired) electrons. The van der Waals surface area contributed by atoms with Gasteiger partial charge >= 0.3 is 5.69 Å². The highest BCUT2D eigenvalue weighted by atomic mass is 79.9. The summed E-state index contributed by atoms with van der Waals surface area (Å²) in [4.78, 5) is 37.5. The molecular formula is C22H26BrN3O6. The van der Waals surface area contributed by atoms with Crippen LogP contribution in [0.1, 0.15) is 26.3 Å². The number of benzene rings is 2. The van der Waals surface area contributed by atoms with Crippen LogP contribution in [0.5, 0.6) is 11.5 Å². The van der Waals surface area contributed by atoms with E-state index in [0.717, 1.165) is 10.0 Å². The number of carbonyl (C=O) groups is 2. The Hall–Kier alpha value is -3.14. The number of hydrogen-bond donors (Lipinski definition) is 1. The van der Waals surface area contributed by atoms with E-state index < -0.39 is 16.9 Å². The van der Waals surface area contributed by atoms with Crippen LogP contribution in [0.3, 0.4) is 0 Å². The summed E-state index contributed by atoms with van der Waals surface area (Å²) < 4.78 is 11.5. The maximum absolute atomic E-state index is 13.0. The number of nitro groups is 1. The minimum Gasteiger partial charge on any atom is -0.490 e. The summed E-state index contributed by atoms with van der Waals surface area (Å²) in [6.07, 6.45) is 0. The average Bonchev–Trinajstić information content (AvgIpc) is 2.75. The number of nitrogens with one attached hydrogen (secondary N) is 1. The van der Waals surface area contributed by atoms with E-state index in [2.05, 4.69) is 21.2 Å². The average molecular weight is 508 g/mol. The summed E-state index contributed by atoms with van der Waals surface area (Å²) >= 11 is 3.38. The van der Waals surface area contributed by atoms with Crippen molar-refractivity contribution in [3.63, 3.8) is 0 Å². The van der Waals surface area contributed by atoms with Crippen LogP contribution in [0, 0.1) is 10.1 Å². The molecule has 2 rings (SSSR count). The summed E-state index contributed by atoms with van der Waals surface area (Å²) in [5.41, 5.74) is 0.643. The van der Waals surface area contributed by atoms with Gasteiger partial charge < -0.3 is 19.7 Å². The smallest absolute Gasteiger partial charge is 0.311 e. The van der Waals surface area contributed by atoms with E-state index in [-0.39, 0.29) is 42.3 Å². The quantitative estimate of drug-likeness (QED) is 0.387. The molecule has 0 saturated carbocycles. The fourth-order valence-electron chi connectivity index (χ4n) is 2.90. The zero-order chi connectivity index (χ0) is 23.8. The van der Waals surface area contributed by atoms with Crippen LogP contribution < -0.4 is 14.8 Å². The van der Waals surface area contributed by atoms with Crippen molar-refractivity contribution < 1.29 is 24.0 Å². The maximum atomic E-state index is 13.0. The standard InChI is InChI=1S/C22H26BrN3O6/c1-14(2)24-22(28)15(3)25(12-16-5-7-17(23)8-6-16)21(27)13-32-18-9-10-19(26(29)30)20(11-18)31-4/h5-11,14-15H,12-13H2,1-4H3,(H,24,28). The fraction of sp³-hybridized carbons (Fsp3) is 0.364. The van der Waals surface area contributed by atoms with Crippen molar-refractivity contribution in [1.82, 2.24) is 10.2 Å². The van der Waals surface area contributed by atoms with Gasteiger partial charge in [0.05, 0.1) is 12.0 Å². The molecule has 10 heteroatoms. The molecule has 9 nitrogen and oxygen atoms in total. The zero-order valence-corrected chi connectivity index (χ0v) is 19.9. The van der Waals surface area contributed by atoms with Crippen LogP contribution in [0.4, 0.5) is 5.69 Å². The molecule has 2 amide bonds. The van der Waals surface area contributed by atoms with Gasteiger partial charge in [-0.1, -0.05) is 28.1 Å². The highest BCUT2D eigenvalue weighted by molar-refractivity contribution is 9.10. The number of nitro benzene ring substituents is 1. The van der Waals surface area contributed by atoms with Gasteiger partial charge in [0.25, 0.3) is 5.91 Å². The minimum atomic E-state index is -0.733. The van der Waals surface area contributed by atoms with Gasteiger partial charge in [0.2, 0.25) is 11.7 Å². The van der Waals surface area contributed by atoms with Gasteiger partial charge in [-0.25, -0.2) is 0 Å². The van der Waals surface area contributed by atoms with Crippen LogP contribution >= 0.6 is 15.9 Å². The topological polar surface area (TPSA) is 111 Å². The molecular weight excluding hydrogens is 482 g/mol. The van der Waals surface area contributed by atoms with E-state index in [9.17, 15) is 19.7 Å². The van der Waals surface area contributed by atoms with Gasteiger partial charge in [0, 0.05) is 29.2 Å². The van der Waals surface area contributed by atoms with E-state index in [1.165, 1.54) is 30.2 Å². The van der Waals surface area contributed by atoms with E-state index in [1.807, 2.05) is 38.1 Å². The molecule has 0 aliphatic rings. The molecule has 1 unspecified atom stereocenters. The first-order chi connectivity index (χ1) is 15.1. The Morgan fingerprint density at radius 1 is 1.16 bits per heavy atom. The predicted molar refractivity (Wildman–Crippen MR) is 123 cm³/mol. The molecule has 0 aliphatic heterocycles. The monoisotopic (exact) mass is 507 g/mol. The lowest BCUT2D eigenvalue weighted by molar-refractivity contribution is -0.385. The molecule has 2 aromatic carbocycles. The van der Waals surface area contributed by atoms with Crippen molar-refractivity contribution in [1.29, 1.82) is 0 Å². The maximum Gasteiger partial charge on any atom is 0.311 e. The minimum absolute atomic E-state index is 0.0244. The second-order valence-electron chi connectivity index (χ2n) is 7.37. The number of methoxy groups -OCH3 is 1. The SMILES string of the molecule is COc1cc(OCC(=O)N(Cc2ccc(Br)cc2)C(C)C(=O)NC(C)C)ccc1[N+](=O)[O-]. The largest absolute Gasteiger partial charge is 0.490 e. The van der Waals surface area contributed by atoms with Gasteiger partial charge in [-0.2, -0.15) is 0 Å². The fourth-order valence-corrected chi connectivity index (χ4v) is 3.17. The molecule has 0 saturated heterocycles. The van der Waals surface area contributed by atoms with Crippen molar-refractivity contribution in [2.45, 2.75) is 39.4 Å². The Morgan fingerprint density at radius 2 is 1.81 bits per heavy atom. The number of carbonyl (C=O) groups excluding carboxylic acids is 2. The third-order valence-corrected chi connectivity index (χ3v) is 5.10. The highest BCUT2D eigenvalue weighted by Crippen LogP contribution is 2.30. The Labute approximate surface area is 195 Å². The number of amides is 2. The molecule has 1 N–H and O–H groups in total. The summed E-state index contributed by atoms with van der Waals surface area (Å²) in [5.74, 6) is -0.417. The first kappa shape index (κ1) is 25.1. The molecule has 0 heterocycles. The van der Waals surface area contributed by atoms with Gasteiger partial charge in [0.1, 0.15) is 11.8 Å². The first-order valence-electron chi connectivity index (χ1n) is 9.92. The molecule has 0 bridgehead atoms. The molecule has 32 heavy (non-hydrogen) atoms. The molecule has 0 aromatic heterocycles. The summed E-state index contributed by atoms with van der Waals surface area (Å²) in [6, 6.07) is 10.6. The van der Waals surface area contributed by atoms with Crippen LogP contribution in [0.15, 0.2) is 46.9 Å². The number of hydrogen-bond acceptors (Lipinski definition) is 6.